The molecule has 6 heteroatoms. The lowest BCUT2D eigenvalue weighted by molar-refractivity contribution is 0.0976. The van der Waals surface area contributed by atoms with Gasteiger partial charge in [-0.25, -0.2) is 4.98 Å². The number of thiazole rings is 1. The number of rotatable bonds is 2. The maximum absolute atomic E-state index is 12.6. The minimum Gasteiger partial charge on any atom is -0.352 e. The van der Waals surface area contributed by atoms with Gasteiger partial charge in [0.2, 0.25) is 11.6 Å². The van der Waals surface area contributed by atoms with Gasteiger partial charge in [0, 0.05) is 15.7 Å². The Kier molecular flexibility index (Phi) is 3.51. The summed E-state index contributed by atoms with van der Waals surface area (Å²) in [6.45, 7) is 3.44. The molecule has 0 bridgehead atoms. The number of hydrogen-bond acceptors (Lipinski definition) is 5. The number of benzene rings is 1. The maximum atomic E-state index is 12.6. The first-order valence-corrected chi connectivity index (χ1v) is 7.88. The van der Waals surface area contributed by atoms with Gasteiger partial charge in [0.25, 0.3) is 0 Å². The van der Waals surface area contributed by atoms with Crippen LogP contribution in [0.4, 0.5) is 5.69 Å². The molecule has 106 valence electrons. The predicted molar refractivity (Wildman–Crippen MR) is 86.0 cm³/mol. The van der Waals surface area contributed by atoms with Crippen molar-refractivity contribution in [2.75, 3.05) is 5.32 Å². The molecular weight excluding hydrogens is 352 g/mol. The van der Waals surface area contributed by atoms with Gasteiger partial charge in [-0.05, 0) is 32.0 Å². The summed E-state index contributed by atoms with van der Waals surface area (Å²) in [6.07, 6.45) is 0. The number of nitrogens with zero attached hydrogens (tertiary/aromatic N) is 1. The zero-order valence-electron chi connectivity index (χ0n) is 11.4. The first kappa shape index (κ1) is 14.2. The van der Waals surface area contributed by atoms with Crippen LogP contribution in [0, 0.1) is 6.92 Å². The summed E-state index contributed by atoms with van der Waals surface area (Å²) < 4.78 is 0.898. The highest BCUT2D eigenvalue weighted by atomic mass is 79.9. The number of allylic oxidation sites excluding steroid dienone is 2. The van der Waals surface area contributed by atoms with Gasteiger partial charge in [-0.1, -0.05) is 22.0 Å². The highest BCUT2D eigenvalue weighted by molar-refractivity contribution is 9.10. The molecule has 0 unspecified atom stereocenters. The number of hydrogen-bond donors (Lipinski definition) is 1. The van der Waals surface area contributed by atoms with Gasteiger partial charge in [-0.2, -0.15) is 0 Å². The Labute approximate surface area is 134 Å². The second-order valence-electron chi connectivity index (χ2n) is 4.70. The molecular formula is C15H11BrN2O2S. The summed E-state index contributed by atoms with van der Waals surface area (Å²) in [5.41, 5.74) is 1.76. The molecule has 1 aliphatic carbocycles. The number of aryl methyl sites for hydroxylation is 1. The number of Topliss-reactive ketones (excluding diaryl/α,β-unsaturated/α-hetero) is 2. The minimum atomic E-state index is -0.188. The van der Waals surface area contributed by atoms with E-state index in [4.69, 9.17) is 0 Å². The Morgan fingerprint density at radius 2 is 1.95 bits per heavy atom. The molecule has 3 rings (SSSR count). The van der Waals surface area contributed by atoms with Gasteiger partial charge in [-0.15, -0.1) is 11.3 Å². The molecule has 0 radical (unpaired) electrons. The van der Waals surface area contributed by atoms with E-state index in [0.29, 0.717) is 16.1 Å². The number of carbonyl (C=O) groups is 2. The van der Waals surface area contributed by atoms with Gasteiger partial charge >= 0.3 is 0 Å². The van der Waals surface area contributed by atoms with Crippen molar-refractivity contribution < 1.29 is 9.59 Å². The Morgan fingerprint density at radius 3 is 2.67 bits per heavy atom. The van der Waals surface area contributed by atoms with E-state index in [1.54, 1.807) is 13.8 Å². The molecule has 0 fully saturated rings. The predicted octanol–water partition coefficient (Wildman–Crippen LogP) is 3.98. The summed E-state index contributed by atoms with van der Waals surface area (Å²) in [5, 5.41) is 3.78. The summed E-state index contributed by atoms with van der Waals surface area (Å²) in [5.74, 6) is -0.362. The van der Waals surface area contributed by atoms with E-state index >= 15 is 0 Å². The van der Waals surface area contributed by atoms with Crippen LogP contribution >= 0.6 is 27.3 Å². The topological polar surface area (TPSA) is 59.1 Å². The van der Waals surface area contributed by atoms with E-state index < -0.39 is 0 Å². The van der Waals surface area contributed by atoms with Crippen LogP contribution in [0.3, 0.4) is 0 Å². The molecule has 1 heterocycles. The highest BCUT2D eigenvalue weighted by Gasteiger charge is 2.33. The zero-order valence-corrected chi connectivity index (χ0v) is 13.8. The smallest absolute Gasteiger partial charge is 0.221 e. The molecule has 0 saturated heterocycles. The number of carbonyl (C=O) groups excluding carboxylic acids is 2. The monoisotopic (exact) mass is 362 g/mol. The van der Waals surface area contributed by atoms with E-state index in [9.17, 15) is 9.59 Å². The fourth-order valence-corrected chi connectivity index (χ4v) is 3.43. The van der Waals surface area contributed by atoms with Crippen LogP contribution in [0.5, 0.6) is 0 Å². The molecule has 0 aliphatic heterocycles. The number of nitrogens with one attached hydrogen (secondary N) is 1. The number of aromatic nitrogens is 1. The third-order valence-electron chi connectivity index (χ3n) is 3.19. The maximum Gasteiger partial charge on any atom is 0.221 e. The Bertz CT molecular complexity index is 808. The minimum absolute atomic E-state index is 0.173. The molecule has 1 aromatic carbocycles. The number of ketones is 2. The van der Waals surface area contributed by atoms with Gasteiger partial charge in [0.1, 0.15) is 10.6 Å². The Morgan fingerprint density at radius 1 is 1.19 bits per heavy atom. The van der Waals surface area contributed by atoms with Crippen molar-refractivity contribution in [3.63, 3.8) is 0 Å². The largest absolute Gasteiger partial charge is 0.352 e. The molecule has 1 N–H and O–H groups in total. The molecule has 0 saturated carbocycles. The van der Waals surface area contributed by atoms with Crippen molar-refractivity contribution in [1.82, 2.24) is 4.98 Å². The van der Waals surface area contributed by atoms with Gasteiger partial charge in [-0.3, -0.25) is 9.59 Å². The van der Waals surface area contributed by atoms with Crippen LogP contribution in [0.1, 0.15) is 32.1 Å². The van der Waals surface area contributed by atoms with Crippen molar-refractivity contribution >= 4 is 44.5 Å². The molecule has 0 atom stereocenters. The fourth-order valence-electron chi connectivity index (χ4n) is 2.17. The van der Waals surface area contributed by atoms with E-state index in [0.717, 1.165) is 15.2 Å². The lowest BCUT2D eigenvalue weighted by Gasteiger charge is -2.17. The van der Waals surface area contributed by atoms with Crippen molar-refractivity contribution in [3.05, 3.63) is 55.6 Å². The van der Waals surface area contributed by atoms with Gasteiger partial charge in [0.05, 0.1) is 10.7 Å². The van der Waals surface area contributed by atoms with Crippen molar-refractivity contribution in [2.45, 2.75) is 13.8 Å². The van der Waals surface area contributed by atoms with E-state index in [-0.39, 0.29) is 17.3 Å². The average molecular weight is 363 g/mol. The first-order valence-electron chi connectivity index (χ1n) is 6.27. The van der Waals surface area contributed by atoms with E-state index in [1.165, 1.54) is 11.3 Å². The van der Waals surface area contributed by atoms with Gasteiger partial charge in [0.15, 0.2) is 0 Å². The molecule has 4 nitrogen and oxygen atoms in total. The third-order valence-corrected chi connectivity index (χ3v) is 4.65. The number of halogens is 1. The van der Waals surface area contributed by atoms with E-state index in [2.05, 4.69) is 26.2 Å². The highest BCUT2D eigenvalue weighted by Crippen LogP contribution is 2.31. The summed E-state index contributed by atoms with van der Waals surface area (Å²) in [6, 6.07) is 7.45. The van der Waals surface area contributed by atoms with Crippen LogP contribution < -0.4 is 5.32 Å². The normalized spacial score (nSPS) is 14.4. The quantitative estimate of drug-likeness (QED) is 0.877. The lowest BCUT2D eigenvalue weighted by Crippen LogP contribution is -2.24. The van der Waals surface area contributed by atoms with Crippen LogP contribution in [0.2, 0.25) is 0 Å². The zero-order chi connectivity index (χ0) is 15.1. The van der Waals surface area contributed by atoms with Crippen molar-refractivity contribution in [3.8, 4) is 0 Å². The second kappa shape index (κ2) is 5.20. The average Bonchev–Trinajstić information content (AvgIpc) is 2.84. The van der Waals surface area contributed by atoms with Crippen LogP contribution in [0.25, 0.3) is 0 Å². The third kappa shape index (κ3) is 2.45. The lowest BCUT2D eigenvalue weighted by atomic mass is 9.97. The van der Waals surface area contributed by atoms with Gasteiger partial charge < -0.3 is 5.32 Å². The molecule has 1 aliphatic rings. The summed E-state index contributed by atoms with van der Waals surface area (Å²) in [7, 11) is 0. The Balaban J connectivity index is 2.04. The second-order valence-corrected chi connectivity index (χ2v) is 6.82. The SMILES string of the molecule is CC1=C(Nc2cccc(Br)c2)C(=O)c2sc(C)nc2C1=O. The first-order chi connectivity index (χ1) is 9.97. The number of fused-ring (bicyclic) bond motifs is 1. The van der Waals surface area contributed by atoms with E-state index in [1.807, 2.05) is 24.3 Å². The molecule has 1 aromatic heterocycles. The molecule has 21 heavy (non-hydrogen) atoms. The fraction of sp³-hybridized carbons (Fsp3) is 0.133. The summed E-state index contributed by atoms with van der Waals surface area (Å²) >= 11 is 4.64. The van der Waals surface area contributed by atoms with Crippen LogP contribution in [0.15, 0.2) is 40.0 Å². The summed E-state index contributed by atoms with van der Waals surface area (Å²) in [4.78, 5) is 29.5. The standard InChI is InChI=1S/C15H11BrN2O2S/c1-7-11(18-10-5-3-4-9(16)6-10)14(20)15-12(13(7)19)17-8(2)21-15/h3-6,18H,1-2H3. The van der Waals surface area contributed by atoms with Crippen LogP contribution in [-0.4, -0.2) is 16.6 Å². The number of anilines is 1. The molecule has 0 spiro atoms. The van der Waals surface area contributed by atoms with Crippen molar-refractivity contribution in [2.24, 2.45) is 0 Å². The van der Waals surface area contributed by atoms with Crippen LogP contribution in [-0.2, 0) is 0 Å². The molecule has 2 aromatic rings. The molecule has 0 amide bonds. The Hall–Kier alpha value is -1.79. The van der Waals surface area contributed by atoms with Crippen molar-refractivity contribution in [1.29, 1.82) is 0 Å².